The maximum absolute atomic E-state index is 6.21. The highest BCUT2D eigenvalue weighted by Crippen LogP contribution is 2.54. The Morgan fingerprint density at radius 1 is 0.926 bits per heavy atom. The van der Waals surface area contributed by atoms with E-state index in [-0.39, 0.29) is 5.41 Å². The second kappa shape index (κ2) is 4.95. The van der Waals surface area contributed by atoms with Crippen molar-refractivity contribution < 1.29 is 4.74 Å². The Kier molecular flexibility index (Phi) is 2.73. The highest BCUT2D eigenvalue weighted by Gasteiger charge is 2.40. The first kappa shape index (κ1) is 14.9. The predicted octanol–water partition coefficient (Wildman–Crippen LogP) is 5.50. The van der Waals surface area contributed by atoms with E-state index < -0.39 is 0 Å². The summed E-state index contributed by atoms with van der Waals surface area (Å²) in [7, 11) is 0. The van der Waals surface area contributed by atoms with Crippen molar-refractivity contribution in [2.45, 2.75) is 25.9 Å². The third-order valence-corrected chi connectivity index (χ3v) is 6.02. The zero-order chi connectivity index (χ0) is 18.2. The molecule has 130 valence electrons. The molecule has 0 bridgehead atoms. The molecule has 0 N–H and O–H groups in total. The molecule has 0 unspecified atom stereocenters. The number of pyridine rings is 2. The Labute approximate surface area is 157 Å². The van der Waals surface area contributed by atoms with Crippen LogP contribution < -0.4 is 4.74 Å². The number of rotatable bonds is 0. The van der Waals surface area contributed by atoms with Crippen molar-refractivity contribution in [2.75, 3.05) is 0 Å². The van der Waals surface area contributed by atoms with Crippen LogP contribution in [-0.4, -0.2) is 9.97 Å². The van der Waals surface area contributed by atoms with Crippen LogP contribution in [0.1, 0.15) is 30.5 Å². The van der Waals surface area contributed by atoms with Gasteiger partial charge in [0.15, 0.2) is 0 Å². The second-order valence-electron chi connectivity index (χ2n) is 7.85. The highest BCUT2D eigenvalue weighted by molar-refractivity contribution is 5.97. The molecule has 6 rings (SSSR count). The Morgan fingerprint density at radius 2 is 1.81 bits per heavy atom. The van der Waals surface area contributed by atoms with Gasteiger partial charge < -0.3 is 4.74 Å². The molecule has 0 spiro atoms. The van der Waals surface area contributed by atoms with E-state index in [2.05, 4.69) is 38.1 Å². The van der Waals surface area contributed by atoms with E-state index in [0.717, 1.165) is 27.9 Å². The first-order chi connectivity index (χ1) is 13.2. The number of fused-ring (bicyclic) bond motifs is 9. The fraction of sp³-hybridized carbons (Fsp3) is 0.167. The molecular formula is C24H18N2O. The van der Waals surface area contributed by atoms with Crippen LogP contribution >= 0.6 is 0 Å². The molecule has 2 aliphatic rings. The summed E-state index contributed by atoms with van der Waals surface area (Å²) in [4.78, 5) is 9.42. The lowest BCUT2D eigenvalue weighted by molar-refractivity contribution is 0.305. The van der Waals surface area contributed by atoms with E-state index in [0.29, 0.717) is 6.61 Å². The summed E-state index contributed by atoms with van der Waals surface area (Å²) in [6.07, 6.45) is 3.86. The summed E-state index contributed by atoms with van der Waals surface area (Å²) < 4.78 is 6.21. The first-order valence-electron chi connectivity index (χ1n) is 9.29. The van der Waals surface area contributed by atoms with E-state index >= 15 is 0 Å². The van der Waals surface area contributed by atoms with Gasteiger partial charge in [0, 0.05) is 34.3 Å². The average molecular weight is 350 g/mol. The van der Waals surface area contributed by atoms with Crippen molar-refractivity contribution in [3.05, 3.63) is 77.6 Å². The molecule has 4 aromatic rings. The molecule has 3 nitrogen and oxygen atoms in total. The Morgan fingerprint density at radius 3 is 2.74 bits per heavy atom. The van der Waals surface area contributed by atoms with E-state index in [1.54, 1.807) is 0 Å². The molecule has 3 heterocycles. The number of hydrogen-bond donors (Lipinski definition) is 0. The van der Waals surface area contributed by atoms with E-state index in [9.17, 15) is 0 Å². The van der Waals surface area contributed by atoms with Gasteiger partial charge in [-0.15, -0.1) is 0 Å². The molecule has 2 aromatic heterocycles. The van der Waals surface area contributed by atoms with Gasteiger partial charge in [-0.05, 0) is 40.5 Å². The molecule has 1 aliphatic heterocycles. The number of benzene rings is 2. The number of ether oxygens (including phenoxy) is 1. The van der Waals surface area contributed by atoms with Crippen LogP contribution in [0.3, 0.4) is 0 Å². The van der Waals surface area contributed by atoms with Gasteiger partial charge in [-0.2, -0.15) is 0 Å². The third kappa shape index (κ3) is 1.81. The molecule has 0 amide bonds. The quantitative estimate of drug-likeness (QED) is 0.420. The van der Waals surface area contributed by atoms with Crippen molar-refractivity contribution >= 4 is 10.9 Å². The van der Waals surface area contributed by atoms with E-state index in [4.69, 9.17) is 14.7 Å². The zero-order valence-corrected chi connectivity index (χ0v) is 15.3. The van der Waals surface area contributed by atoms with Crippen LogP contribution in [-0.2, 0) is 12.0 Å². The van der Waals surface area contributed by atoms with Gasteiger partial charge >= 0.3 is 0 Å². The largest absolute Gasteiger partial charge is 0.487 e. The van der Waals surface area contributed by atoms with Gasteiger partial charge in [-0.1, -0.05) is 44.2 Å². The summed E-state index contributed by atoms with van der Waals surface area (Å²) >= 11 is 0. The maximum Gasteiger partial charge on any atom is 0.138 e. The van der Waals surface area contributed by atoms with Crippen LogP contribution in [0.4, 0.5) is 0 Å². The SMILES string of the molecule is CC1(C)c2cccnc2-c2ccc3c(c21)-c1cnc2ccccc2c1OC3. The van der Waals surface area contributed by atoms with Crippen molar-refractivity contribution in [3.8, 4) is 28.1 Å². The van der Waals surface area contributed by atoms with E-state index in [1.165, 1.54) is 27.8 Å². The molecule has 3 heteroatoms. The maximum atomic E-state index is 6.21. The lowest BCUT2D eigenvalue weighted by Crippen LogP contribution is -2.19. The van der Waals surface area contributed by atoms with Crippen LogP contribution in [0, 0.1) is 0 Å². The third-order valence-electron chi connectivity index (χ3n) is 6.02. The summed E-state index contributed by atoms with van der Waals surface area (Å²) in [5.74, 6) is 0.946. The zero-order valence-electron chi connectivity index (χ0n) is 15.3. The standard InChI is InChI=1S/C24H18N2O/c1-24(2)18-7-5-11-25-22(18)16-10-9-14-13-27-23-15-6-3-4-8-19(15)26-12-17(23)20(14)21(16)24/h3-12H,13H2,1-2H3. The molecule has 0 fully saturated rings. The van der Waals surface area contributed by atoms with Crippen LogP contribution in [0.25, 0.3) is 33.3 Å². The second-order valence-corrected chi connectivity index (χ2v) is 7.85. The van der Waals surface area contributed by atoms with Crippen LogP contribution in [0.5, 0.6) is 5.75 Å². The lowest BCUT2D eigenvalue weighted by atomic mass is 9.77. The number of hydrogen-bond acceptors (Lipinski definition) is 3. The van der Waals surface area contributed by atoms with Gasteiger partial charge in [0.25, 0.3) is 0 Å². The Hall–Kier alpha value is -3.20. The van der Waals surface area contributed by atoms with E-state index in [1.807, 2.05) is 36.7 Å². The number of aromatic nitrogens is 2. The minimum absolute atomic E-state index is 0.107. The summed E-state index contributed by atoms with van der Waals surface area (Å²) in [6, 6.07) is 16.8. The van der Waals surface area contributed by atoms with Crippen molar-refractivity contribution in [3.63, 3.8) is 0 Å². The van der Waals surface area contributed by atoms with Gasteiger partial charge in [-0.25, -0.2) is 0 Å². The van der Waals surface area contributed by atoms with Crippen molar-refractivity contribution in [1.29, 1.82) is 0 Å². The van der Waals surface area contributed by atoms with Gasteiger partial charge in [0.1, 0.15) is 12.4 Å². The molecular weight excluding hydrogens is 332 g/mol. The average Bonchev–Trinajstić information content (AvgIpc) is 2.95. The van der Waals surface area contributed by atoms with Crippen LogP contribution in [0.15, 0.2) is 60.9 Å². The van der Waals surface area contributed by atoms with Crippen molar-refractivity contribution in [1.82, 2.24) is 9.97 Å². The Balaban J connectivity index is 1.73. The molecule has 2 aromatic carbocycles. The molecule has 0 radical (unpaired) electrons. The topological polar surface area (TPSA) is 35.0 Å². The fourth-order valence-corrected chi connectivity index (χ4v) is 4.78. The molecule has 27 heavy (non-hydrogen) atoms. The smallest absolute Gasteiger partial charge is 0.138 e. The Bertz CT molecular complexity index is 1260. The first-order valence-corrected chi connectivity index (χ1v) is 9.29. The predicted molar refractivity (Wildman–Crippen MR) is 107 cm³/mol. The van der Waals surface area contributed by atoms with Crippen LogP contribution in [0.2, 0.25) is 0 Å². The normalized spacial score (nSPS) is 15.5. The number of para-hydroxylation sites is 1. The monoisotopic (exact) mass is 350 g/mol. The van der Waals surface area contributed by atoms with Gasteiger partial charge in [-0.3, -0.25) is 9.97 Å². The van der Waals surface area contributed by atoms with Gasteiger partial charge in [0.05, 0.1) is 11.2 Å². The molecule has 0 atom stereocenters. The minimum Gasteiger partial charge on any atom is -0.487 e. The molecule has 0 saturated carbocycles. The highest BCUT2D eigenvalue weighted by atomic mass is 16.5. The summed E-state index contributed by atoms with van der Waals surface area (Å²) in [5, 5.41) is 1.07. The number of nitrogens with zero attached hydrogens (tertiary/aromatic N) is 2. The van der Waals surface area contributed by atoms with Crippen molar-refractivity contribution in [2.24, 2.45) is 0 Å². The minimum atomic E-state index is -0.107. The molecule has 1 aliphatic carbocycles. The lowest BCUT2D eigenvalue weighted by Gasteiger charge is -2.29. The van der Waals surface area contributed by atoms with Gasteiger partial charge in [0.2, 0.25) is 0 Å². The summed E-state index contributed by atoms with van der Waals surface area (Å²) in [6.45, 7) is 5.18. The fourth-order valence-electron chi connectivity index (χ4n) is 4.78. The molecule has 0 saturated heterocycles. The summed E-state index contributed by atoms with van der Waals surface area (Å²) in [5.41, 5.74) is 9.41.